The number of nitrogens with zero attached hydrogens (tertiary/aromatic N) is 1. The average molecular weight is 301 g/mol. The smallest absolute Gasteiger partial charge is 0.308 e. The molecule has 124 valence electrons. The summed E-state index contributed by atoms with van der Waals surface area (Å²) in [5, 5.41) is 9.54. The number of carboxylic acids is 1. The number of hydrogen-bond acceptors (Lipinski definition) is 4. The van der Waals surface area contributed by atoms with Crippen molar-refractivity contribution in [3.8, 4) is 0 Å². The van der Waals surface area contributed by atoms with Crippen molar-refractivity contribution < 1.29 is 19.4 Å². The summed E-state index contributed by atoms with van der Waals surface area (Å²) in [5.74, 6) is -0.907. The van der Waals surface area contributed by atoms with Crippen LogP contribution >= 0.6 is 0 Å². The first kappa shape index (κ1) is 18.4. The highest BCUT2D eigenvalue weighted by Crippen LogP contribution is 2.27. The van der Waals surface area contributed by atoms with Gasteiger partial charge >= 0.3 is 5.97 Å². The van der Waals surface area contributed by atoms with Gasteiger partial charge in [0.05, 0.1) is 19.1 Å². The van der Waals surface area contributed by atoms with Crippen LogP contribution in [0.15, 0.2) is 0 Å². The summed E-state index contributed by atoms with van der Waals surface area (Å²) in [6.45, 7) is 8.26. The highest BCUT2D eigenvalue weighted by Gasteiger charge is 2.33. The maximum atomic E-state index is 11.6. The number of rotatable bonds is 10. The third kappa shape index (κ3) is 6.76. The Morgan fingerprint density at radius 1 is 1.05 bits per heavy atom. The zero-order chi connectivity index (χ0) is 15.5. The number of carboxylic acid groups (broad SMARTS) is 1. The summed E-state index contributed by atoms with van der Waals surface area (Å²) < 4.78 is 10.9. The van der Waals surface area contributed by atoms with Crippen LogP contribution in [-0.2, 0) is 14.3 Å². The molecule has 1 fully saturated rings. The molecule has 0 aromatic rings. The normalized spacial score (nSPS) is 23.2. The molecule has 1 saturated carbocycles. The molecule has 1 rings (SSSR count). The summed E-state index contributed by atoms with van der Waals surface area (Å²) in [7, 11) is 0. The zero-order valence-electron chi connectivity index (χ0n) is 13.6. The molecule has 21 heavy (non-hydrogen) atoms. The summed E-state index contributed by atoms with van der Waals surface area (Å²) in [4.78, 5) is 13.9. The Morgan fingerprint density at radius 2 is 1.62 bits per heavy atom. The Bertz CT molecular complexity index is 275. The summed E-state index contributed by atoms with van der Waals surface area (Å²) in [6.07, 6.45) is 5.05. The van der Waals surface area contributed by atoms with Crippen LogP contribution in [0.25, 0.3) is 0 Å². The molecular formula is C16H31NO4. The molecule has 5 nitrogen and oxygen atoms in total. The molecule has 1 aliphatic carbocycles. The van der Waals surface area contributed by atoms with Gasteiger partial charge in [-0.3, -0.25) is 9.69 Å². The highest BCUT2D eigenvalue weighted by atomic mass is 16.5. The van der Waals surface area contributed by atoms with E-state index in [1.807, 2.05) is 13.8 Å². The molecule has 0 saturated heterocycles. The molecule has 1 N–H and O–H groups in total. The molecule has 5 heteroatoms. The lowest BCUT2D eigenvalue weighted by molar-refractivity contribution is -0.145. The lowest BCUT2D eigenvalue weighted by atomic mass is 9.93. The first-order chi connectivity index (χ1) is 10.2. The first-order valence-electron chi connectivity index (χ1n) is 8.33. The molecular weight excluding hydrogens is 270 g/mol. The van der Waals surface area contributed by atoms with Crippen molar-refractivity contribution in [2.24, 2.45) is 5.92 Å². The fraction of sp³-hybridized carbons (Fsp3) is 0.938. The van der Waals surface area contributed by atoms with Crippen LogP contribution in [-0.4, -0.2) is 61.5 Å². The van der Waals surface area contributed by atoms with Gasteiger partial charge in [0.15, 0.2) is 0 Å². The van der Waals surface area contributed by atoms with E-state index in [2.05, 4.69) is 4.90 Å². The lowest BCUT2D eigenvalue weighted by Crippen LogP contribution is -2.46. The summed E-state index contributed by atoms with van der Waals surface area (Å²) in [5.41, 5.74) is 0. The van der Waals surface area contributed by atoms with E-state index >= 15 is 0 Å². The second kappa shape index (κ2) is 11.0. The van der Waals surface area contributed by atoms with Crippen molar-refractivity contribution in [2.45, 2.75) is 52.0 Å². The minimum Gasteiger partial charge on any atom is -0.481 e. The van der Waals surface area contributed by atoms with Gasteiger partial charge in [0.1, 0.15) is 0 Å². The molecule has 0 heterocycles. The lowest BCUT2D eigenvalue weighted by Gasteiger charge is -2.34. The molecule has 0 radical (unpaired) electrons. The Kier molecular flexibility index (Phi) is 9.63. The quantitative estimate of drug-likeness (QED) is 0.496. The predicted molar refractivity (Wildman–Crippen MR) is 82.6 cm³/mol. The number of carbonyl (C=O) groups is 1. The molecule has 0 aliphatic heterocycles. The van der Waals surface area contributed by atoms with E-state index in [1.165, 1.54) is 0 Å². The zero-order valence-corrected chi connectivity index (χ0v) is 13.6. The molecule has 0 aromatic carbocycles. The molecule has 0 aromatic heterocycles. The van der Waals surface area contributed by atoms with E-state index in [0.29, 0.717) is 26.4 Å². The molecule has 0 spiro atoms. The largest absolute Gasteiger partial charge is 0.481 e. The van der Waals surface area contributed by atoms with Crippen molar-refractivity contribution in [3.63, 3.8) is 0 Å². The monoisotopic (exact) mass is 301 g/mol. The topological polar surface area (TPSA) is 59.0 Å². The van der Waals surface area contributed by atoms with Crippen LogP contribution in [0.2, 0.25) is 0 Å². The third-order valence-corrected chi connectivity index (χ3v) is 4.22. The van der Waals surface area contributed by atoms with Crippen LogP contribution < -0.4 is 0 Å². The van der Waals surface area contributed by atoms with Gasteiger partial charge in [0.2, 0.25) is 0 Å². The molecule has 2 atom stereocenters. The van der Waals surface area contributed by atoms with Crippen LogP contribution in [0.5, 0.6) is 0 Å². The van der Waals surface area contributed by atoms with Crippen LogP contribution in [0.3, 0.4) is 0 Å². The van der Waals surface area contributed by atoms with Gasteiger partial charge < -0.3 is 14.6 Å². The van der Waals surface area contributed by atoms with Crippen LogP contribution in [0, 0.1) is 5.92 Å². The van der Waals surface area contributed by atoms with Crippen molar-refractivity contribution in [1.29, 1.82) is 0 Å². The van der Waals surface area contributed by atoms with E-state index in [-0.39, 0.29) is 12.0 Å². The Hall–Kier alpha value is -0.650. The fourth-order valence-electron chi connectivity index (χ4n) is 3.11. The van der Waals surface area contributed by atoms with Crippen molar-refractivity contribution in [3.05, 3.63) is 0 Å². The van der Waals surface area contributed by atoms with Gasteiger partial charge in [0.25, 0.3) is 0 Å². The van der Waals surface area contributed by atoms with E-state index in [4.69, 9.17) is 9.47 Å². The van der Waals surface area contributed by atoms with Crippen LogP contribution in [0.4, 0.5) is 0 Å². The van der Waals surface area contributed by atoms with Gasteiger partial charge in [0, 0.05) is 32.3 Å². The summed E-state index contributed by atoms with van der Waals surface area (Å²) >= 11 is 0. The van der Waals surface area contributed by atoms with Gasteiger partial charge in [-0.05, 0) is 26.7 Å². The molecule has 0 bridgehead atoms. The van der Waals surface area contributed by atoms with Crippen molar-refractivity contribution in [1.82, 2.24) is 4.90 Å². The second-order valence-electron chi connectivity index (χ2n) is 5.58. The minimum absolute atomic E-state index is 0.117. The van der Waals surface area contributed by atoms with E-state index in [9.17, 15) is 9.90 Å². The van der Waals surface area contributed by atoms with Gasteiger partial charge in [-0.2, -0.15) is 0 Å². The van der Waals surface area contributed by atoms with E-state index in [0.717, 1.165) is 45.2 Å². The Labute approximate surface area is 128 Å². The molecule has 1 aliphatic rings. The fourth-order valence-corrected chi connectivity index (χ4v) is 3.11. The SMILES string of the molecule is CCOCCN(CCOCC)C1CCCCCC1C(=O)O. The first-order valence-corrected chi connectivity index (χ1v) is 8.33. The Morgan fingerprint density at radius 3 is 2.14 bits per heavy atom. The van der Waals surface area contributed by atoms with Gasteiger partial charge in [-0.15, -0.1) is 0 Å². The van der Waals surface area contributed by atoms with Crippen molar-refractivity contribution >= 4 is 5.97 Å². The molecule has 0 amide bonds. The number of hydrogen-bond donors (Lipinski definition) is 1. The predicted octanol–water partition coefficient (Wildman–Crippen LogP) is 2.39. The standard InChI is InChI=1S/C16H31NO4/c1-3-20-12-10-17(11-13-21-4-2)15-9-7-5-6-8-14(15)16(18)19/h14-15H,3-13H2,1-2H3,(H,18,19). The van der Waals surface area contributed by atoms with E-state index in [1.54, 1.807) is 0 Å². The minimum atomic E-state index is -0.653. The van der Waals surface area contributed by atoms with Crippen LogP contribution in [0.1, 0.15) is 46.0 Å². The average Bonchev–Trinajstić information content (AvgIpc) is 2.71. The second-order valence-corrected chi connectivity index (χ2v) is 5.58. The maximum absolute atomic E-state index is 11.6. The molecule has 2 unspecified atom stereocenters. The number of ether oxygens (including phenoxy) is 2. The Balaban J connectivity index is 2.67. The number of aliphatic carboxylic acids is 1. The van der Waals surface area contributed by atoms with Gasteiger partial charge in [-0.1, -0.05) is 19.3 Å². The third-order valence-electron chi connectivity index (χ3n) is 4.22. The van der Waals surface area contributed by atoms with E-state index < -0.39 is 5.97 Å². The van der Waals surface area contributed by atoms with Crippen molar-refractivity contribution in [2.75, 3.05) is 39.5 Å². The summed E-state index contributed by atoms with van der Waals surface area (Å²) in [6, 6.07) is 0.117. The highest BCUT2D eigenvalue weighted by molar-refractivity contribution is 5.70. The van der Waals surface area contributed by atoms with Gasteiger partial charge in [-0.25, -0.2) is 0 Å². The maximum Gasteiger partial charge on any atom is 0.308 e.